The minimum atomic E-state index is -0.361. The first-order chi connectivity index (χ1) is 20.9. The van der Waals surface area contributed by atoms with E-state index < -0.39 is 0 Å². The Kier molecular flexibility index (Phi) is 12.2. The van der Waals surface area contributed by atoms with E-state index in [4.69, 9.17) is 33.2 Å². The third-order valence-electron chi connectivity index (χ3n) is 13.1. The van der Waals surface area contributed by atoms with Gasteiger partial charge in [-0.1, -0.05) is 90.0 Å². The summed E-state index contributed by atoms with van der Waals surface area (Å²) in [5, 5.41) is 0. The largest absolute Gasteiger partial charge is 0.369 e. The maximum atomic E-state index is 7.02. The summed E-state index contributed by atoms with van der Waals surface area (Å²) in [7, 11) is 0. The first kappa shape index (κ1) is 37.5. The highest BCUT2D eigenvalue weighted by Crippen LogP contribution is 2.45. The SMILES string of the molecule is CCC1OC(C(C)(C)C)C(OC2OC(C)C(C)C(C)C2C)C(C)C1OC1OC(C)C(OC2OC(C)C(C)C(C)C2C)C(C)C1C. The van der Waals surface area contributed by atoms with Crippen LogP contribution in [0.1, 0.15) is 117 Å². The molecule has 0 aromatic rings. The van der Waals surface area contributed by atoms with Crippen molar-refractivity contribution in [3.8, 4) is 0 Å². The zero-order chi connectivity index (χ0) is 33.7. The van der Waals surface area contributed by atoms with E-state index >= 15 is 0 Å². The lowest BCUT2D eigenvalue weighted by molar-refractivity contribution is -0.352. The zero-order valence-corrected chi connectivity index (χ0v) is 31.6. The molecule has 0 aliphatic carbocycles. The summed E-state index contributed by atoms with van der Waals surface area (Å²) in [5.74, 6) is 3.10. The van der Waals surface area contributed by atoms with Crippen LogP contribution in [0.4, 0.5) is 0 Å². The molecular formula is C38H70O7. The summed E-state index contributed by atoms with van der Waals surface area (Å²) in [5.41, 5.74) is -0.104. The molecule has 7 heteroatoms. The van der Waals surface area contributed by atoms with E-state index in [2.05, 4.69) is 111 Å². The molecule has 20 atom stereocenters. The second-order valence-corrected chi connectivity index (χ2v) is 17.0. The molecule has 0 bridgehead atoms. The zero-order valence-electron chi connectivity index (χ0n) is 31.6. The molecule has 4 aliphatic rings. The van der Waals surface area contributed by atoms with E-state index in [1.807, 2.05) is 0 Å². The number of hydrogen-bond donors (Lipinski definition) is 0. The van der Waals surface area contributed by atoms with Crippen molar-refractivity contribution >= 4 is 0 Å². The van der Waals surface area contributed by atoms with Crippen LogP contribution in [0, 0.1) is 58.7 Å². The second kappa shape index (κ2) is 14.7. The summed E-state index contributed by atoms with van der Waals surface area (Å²) >= 11 is 0. The molecule has 7 nitrogen and oxygen atoms in total. The van der Waals surface area contributed by atoms with Crippen molar-refractivity contribution in [1.82, 2.24) is 0 Å². The highest BCUT2D eigenvalue weighted by molar-refractivity contribution is 4.98. The van der Waals surface area contributed by atoms with Crippen LogP contribution < -0.4 is 0 Å². The normalized spacial score (nSPS) is 53.3. The van der Waals surface area contributed by atoms with Gasteiger partial charge in [-0.15, -0.1) is 0 Å². The molecule has 45 heavy (non-hydrogen) atoms. The van der Waals surface area contributed by atoms with Crippen molar-refractivity contribution in [2.45, 2.75) is 185 Å². The average Bonchev–Trinajstić information content (AvgIpc) is 2.98. The lowest BCUT2D eigenvalue weighted by Crippen LogP contribution is -2.62. The third kappa shape index (κ3) is 7.65. The van der Waals surface area contributed by atoms with Crippen molar-refractivity contribution < 1.29 is 33.2 Å². The van der Waals surface area contributed by atoms with Gasteiger partial charge in [0.1, 0.15) is 0 Å². The van der Waals surface area contributed by atoms with Gasteiger partial charge in [0, 0.05) is 23.7 Å². The Morgan fingerprint density at radius 3 is 1.27 bits per heavy atom. The van der Waals surface area contributed by atoms with Gasteiger partial charge in [-0.25, -0.2) is 0 Å². The van der Waals surface area contributed by atoms with Crippen LogP contribution in [-0.4, -0.2) is 67.7 Å². The first-order valence-electron chi connectivity index (χ1n) is 18.5. The van der Waals surface area contributed by atoms with Crippen molar-refractivity contribution in [2.75, 3.05) is 0 Å². The molecule has 0 aromatic carbocycles. The smallest absolute Gasteiger partial charge is 0.161 e. The van der Waals surface area contributed by atoms with Gasteiger partial charge in [0.05, 0.1) is 48.8 Å². The molecule has 4 fully saturated rings. The summed E-state index contributed by atoms with van der Waals surface area (Å²) in [6, 6.07) is 0. The number of rotatable bonds is 7. The number of hydrogen-bond acceptors (Lipinski definition) is 7. The van der Waals surface area contributed by atoms with Gasteiger partial charge in [0.2, 0.25) is 0 Å². The van der Waals surface area contributed by atoms with Gasteiger partial charge in [0.25, 0.3) is 0 Å². The predicted molar refractivity (Wildman–Crippen MR) is 179 cm³/mol. The molecule has 0 amide bonds. The van der Waals surface area contributed by atoms with Crippen molar-refractivity contribution in [3.63, 3.8) is 0 Å². The maximum absolute atomic E-state index is 7.02. The molecule has 4 saturated heterocycles. The Morgan fingerprint density at radius 2 is 0.822 bits per heavy atom. The standard InChI is InChI=1S/C38H70O7/c1-17-30-32(26(10)33(34(42-30)38(14,15)16)45-36-24(8)19(3)21(5)28(12)40-36)44-37-25(9)22(6)31(29(13)41-37)43-35-23(7)18(2)20(4)27(11)39-35/h18-37H,17H2,1-16H3. The lowest BCUT2D eigenvalue weighted by Gasteiger charge is -2.53. The van der Waals surface area contributed by atoms with Gasteiger partial charge in [-0.3, -0.25) is 0 Å². The predicted octanol–water partition coefficient (Wildman–Crippen LogP) is 8.32. The molecule has 0 saturated carbocycles. The van der Waals surface area contributed by atoms with Gasteiger partial charge in [-0.2, -0.15) is 0 Å². The Labute approximate surface area is 276 Å². The van der Waals surface area contributed by atoms with Crippen molar-refractivity contribution in [3.05, 3.63) is 0 Å². The molecule has 0 spiro atoms. The minimum Gasteiger partial charge on any atom is -0.369 e. The summed E-state index contributed by atoms with van der Waals surface area (Å²) in [6.07, 6.45) is -0.338. The highest BCUT2D eigenvalue weighted by atomic mass is 16.7. The van der Waals surface area contributed by atoms with Crippen molar-refractivity contribution in [1.29, 1.82) is 0 Å². The lowest BCUT2D eigenvalue weighted by atomic mass is 9.75. The fraction of sp³-hybridized carbons (Fsp3) is 1.00. The minimum absolute atomic E-state index is 0.0523. The van der Waals surface area contributed by atoms with Crippen LogP contribution >= 0.6 is 0 Å². The quantitative estimate of drug-likeness (QED) is 0.278. The van der Waals surface area contributed by atoms with Crippen LogP contribution in [0.25, 0.3) is 0 Å². The van der Waals surface area contributed by atoms with Crippen LogP contribution in [0.2, 0.25) is 0 Å². The monoisotopic (exact) mass is 639 g/mol. The van der Waals surface area contributed by atoms with Gasteiger partial charge in [-0.05, 0) is 62.2 Å². The fourth-order valence-corrected chi connectivity index (χ4v) is 8.36. The van der Waals surface area contributed by atoms with Crippen LogP contribution in [0.15, 0.2) is 0 Å². The van der Waals surface area contributed by atoms with E-state index in [0.717, 1.165) is 6.42 Å². The van der Waals surface area contributed by atoms with Crippen LogP contribution in [0.3, 0.4) is 0 Å². The van der Waals surface area contributed by atoms with Gasteiger partial charge >= 0.3 is 0 Å². The molecule has 0 N–H and O–H groups in total. The van der Waals surface area contributed by atoms with Crippen LogP contribution in [0.5, 0.6) is 0 Å². The van der Waals surface area contributed by atoms with E-state index in [1.165, 1.54) is 0 Å². The Hall–Kier alpha value is -0.280. The van der Waals surface area contributed by atoms with E-state index in [0.29, 0.717) is 29.6 Å². The molecule has 4 aliphatic heterocycles. The molecule has 4 heterocycles. The van der Waals surface area contributed by atoms with Gasteiger partial charge in [0.15, 0.2) is 18.9 Å². The first-order valence-corrected chi connectivity index (χ1v) is 18.5. The topological polar surface area (TPSA) is 64.6 Å². The highest BCUT2D eigenvalue weighted by Gasteiger charge is 2.53. The Bertz CT molecular complexity index is 938. The van der Waals surface area contributed by atoms with Crippen LogP contribution in [-0.2, 0) is 33.2 Å². The molecule has 4 rings (SSSR count). The Morgan fingerprint density at radius 1 is 0.422 bits per heavy atom. The van der Waals surface area contributed by atoms with E-state index in [1.54, 1.807) is 0 Å². The fourth-order valence-electron chi connectivity index (χ4n) is 8.36. The molecule has 20 unspecified atom stereocenters. The Balaban J connectivity index is 1.50. The third-order valence-corrected chi connectivity index (χ3v) is 13.1. The van der Waals surface area contributed by atoms with E-state index in [-0.39, 0.29) is 96.8 Å². The maximum Gasteiger partial charge on any atom is 0.161 e. The molecule has 0 radical (unpaired) electrons. The van der Waals surface area contributed by atoms with E-state index in [9.17, 15) is 0 Å². The van der Waals surface area contributed by atoms with Gasteiger partial charge < -0.3 is 33.2 Å². The average molecular weight is 639 g/mol. The molecular weight excluding hydrogens is 568 g/mol. The number of ether oxygens (including phenoxy) is 7. The second-order valence-electron chi connectivity index (χ2n) is 17.0. The molecule has 0 aromatic heterocycles. The van der Waals surface area contributed by atoms with Crippen molar-refractivity contribution in [2.24, 2.45) is 58.7 Å². The summed E-state index contributed by atoms with van der Waals surface area (Å²) in [4.78, 5) is 0. The molecule has 264 valence electrons. The summed E-state index contributed by atoms with van der Waals surface area (Å²) < 4.78 is 47.3. The summed E-state index contributed by atoms with van der Waals surface area (Å²) in [6.45, 7) is 35.9.